The Morgan fingerprint density at radius 3 is 2.75 bits per heavy atom. The van der Waals surface area contributed by atoms with E-state index in [4.69, 9.17) is 20.8 Å². The standard InChI is InChI=1S/C18H23ClN2O5S2/c1-13(18(22)20-8-10-27-12-15-5-4-9-26-15)21(28(3,23)24)16-11-14(19)6-7-17(16)25-2/h4-7,9,11,13H,8,10,12H2,1-3H3,(H,20,22). The van der Waals surface area contributed by atoms with Gasteiger partial charge in [-0.15, -0.1) is 0 Å². The fraction of sp³-hybridized carbons (Fsp3) is 0.389. The van der Waals surface area contributed by atoms with Gasteiger partial charge in [-0.25, -0.2) is 8.42 Å². The minimum atomic E-state index is -3.76. The van der Waals surface area contributed by atoms with Gasteiger partial charge in [0.25, 0.3) is 0 Å². The number of hydrogen-bond acceptors (Lipinski definition) is 6. The number of benzene rings is 1. The van der Waals surface area contributed by atoms with E-state index < -0.39 is 22.0 Å². The van der Waals surface area contributed by atoms with Crippen molar-refractivity contribution < 1.29 is 22.4 Å². The maximum Gasteiger partial charge on any atom is 0.243 e. The van der Waals surface area contributed by atoms with Crippen LogP contribution in [0, 0.1) is 0 Å². The summed E-state index contributed by atoms with van der Waals surface area (Å²) in [6, 6.07) is 7.35. The molecule has 7 nitrogen and oxygen atoms in total. The zero-order valence-electron chi connectivity index (χ0n) is 15.8. The first-order valence-electron chi connectivity index (χ1n) is 8.45. The Morgan fingerprint density at radius 1 is 1.39 bits per heavy atom. The van der Waals surface area contributed by atoms with Crippen molar-refractivity contribution >= 4 is 45.0 Å². The number of furan rings is 1. The van der Waals surface area contributed by atoms with Crippen LogP contribution in [0.25, 0.3) is 0 Å². The van der Waals surface area contributed by atoms with Gasteiger partial charge in [-0.05, 0) is 37.3 Å². The number of amides is 1. The molecular formula is C18H23ClN2O5S2. The summed E-state index contributed by atoms with van der Waals surface area (Å²) < 4.78 is 36.3. The summed E-state index contributed by atoms with van der Waals surface area (Å²) >= 11 is 7.63. The van der Waals surface area contributed by atoms with E-state index in [1.54, 1.807) is 30.2 Å². The van der Waals surface area contributed by atoms with Gasteiger partial charge in [0.05, 0.1) is 31.1 Å². The molecule has 0 saturated heterocycles. The third-order valence-corrected chi connectivity index (χ3v) is 6.28. The van der Waals surface area contributed by atoms with Gasteiger partial charge < -0.3 is 14.5 Å². The molecule has 0 bridgehead atoms. The summed E-state index contributed by atoms with van der Waals surface area (Å²) in [5.41, 5.74) is 0.215. The Balaban J connectivity index is 2.03. The van der Waals surface area contributed by atoms with Crippen LogP contribution in [0.15, 0.2) is 41.0 Å². The predicted octanol–water partition coefficient (Wildman–Crippen LogP) is 3.15. The monoisotopic (exact) mass is 446 g/mol. The first-order valence-corrected chi connectivity index (χ1v) is 11.8. The molecule has 0 aliphatic rings. The quantitative estimate of drug-likeness (QED) is 0.564. The maximum atomic E-state index is 12.6. The first kappa shape index (κ1) is 22.4. The van der Waals surface area contributed by atoms with Crippen molar-refractivity contribution in [2.45, 2.75) is 18.7 Å². The number of carbonyl (C=O) groups excluding carboxylic acids is 1. The summed E-state index contributed by atoms with van der Waals surface area (Å²) in [7, 11) is -2.34. The van der Waals surface area contributed by atoms with E-state index in [-0.39, 0.29) is 5.69 Å². The van der Waals surface area contributed by atoms with Crippen LogP contribution in [-0.2, 0) is 20.6 Å². The van der Waals surface area contributed by atoms with Crippen molar-refractivity contribution in [2.24, 2.45) is 0 Å². The van der Waals surface area contributed by atoms with Crippen molar-refractivity contribution in [1.82, 2.24) is 5.32 Å². The molecule has 1 unspecified atom stereocenters. The van der Waals surface area contributed by atoms with Crippen LogP contribution >= 0.6 is 23.4 Å². The number of methoxy groups -OCH3 is 1. The predicted molar refractivity (Wildman–Crippen MR) is 113 cm³/mol. The van der Waals surface area contributed by atoms with E-state index in [1.807, 2.05) is 12.1 Å². The molecule has 0 saturated carbocycles. The van der Waals surface area contributed by atoms with E-state index in [2.05, 4.69) is 5.32 Å². The summed E-state index contributed by atoms with van der Waals surface area (Å²) in [6.45, 7) is 1.92. The second-order valence-electron chi connectivity index (χ2n) is 5.97. The van der Waals surface area contributed by atoms with Crippen LogP contribution in [0.4, 0.5) is 5.69 Å². The molecule has 1 aromatic carbocycles. The lowest BCUT2D eigenvalue weighted by Gasteiger charge is -2.29. The van der Waals surface area contributed by atoms with Gasteiger partial charge in [-0.2, -0.15) is 11.8 Å². The zero-order chi connectivity index (χ0) is 20.7. The van der Waals surface area contributed by atoms with Crippen molar-refractivity contribution in [3.63, 3.8) is 0 Å². The molecule has 1 heterocycles. The molecule has 0 spiro atoms. The van der Waals surface area contributed by atoms with Gasteiger partial charge in [-0.1, -0.05) is 11.6 Å². The van der Waals surface area contributed by atoms with Gasteiger partial charge in [0.15, 0.2) is 0 Å². The SMILES string of the molecule is COc1ccc(Cl)cc1N(C(C)C(=O)NCCSCc1ccco1)S(C)(=O)=O. The topological polar surface area (TPSA) is 88.8 Å². The van der Waals surface area contributed by atoms with Crippen molar-refractivity contribution in [3.8, 4) is 5.75 Å². The van der Waals surface area contributed by atoms with Gasteiger partial charge >= 0.3 is 0 Å². The van der Waals surface area contributed by atoms with Crippen molar-refractivity contribution in [2.75, 3.05) is 30.0 Å². The van der Waals surface area contributed by atoms with E-state index in [1.165, 1.54) is 20.1 Å². The van der Waals surface area contributed by atoms with Crippen molar-refractivity contribution in [3.05, 3.63) is 47.4 Å². The average Bonchev–Trinajstić information content (AvgIpc) is 3.14. The number of hydrogen-bond donors (Lipinski definition) is 1. The fourth-order valence-electron chi connectivity index (χ4n) is 2.58. The number of rotatable bonds is 10. The van der Waals surface area contributed by atoms with E-state index in [0.717, 1.165) is 16.3 Å². The number of carbonyl (C=O) groups is 1. The number of halogens is 1. The summed E-state index contributed by atoms with van der Waals surface area (Å²) in [5, 5.41) is 3.11. The van der Waals surface area contributed by atoms with E-state index in [9.17, 15) is 13.2 Å². The molecule has 28 heavy (non-hydrogen) atoms. The molecule has 1 amide bonds. The second kappa shape index (κ2) is 10.1. The second-order valence-corrected chi connectivity index (χ2v) is 9.37. The van der Waals surface area contributed by atoms with Crippen LogP contribution < -0.4 is 14.4 Å². The highest BCUT2D eigenvalue weighted by atomic mass is 35.5. The molecule has 1 atom stereocenters. The van der Waals surface area contributed by atoms with Gasteiger partial charge in [0.2, 0.25) is 15.9 Å². The highest BCUT2D eigenvalue weighted by Crippen LogP contribution is 2.34. The molecule has 1 aromatic heterocycles. The number of anilines is 1. The Kier molecular flexibility index (Phi) is 8.09. The van der Waals surface area contributed by atoms with Crippen molar-refractivity contribution in [1.29, 1.82) is 0 Å². The van der Waals surface area contributed by atoms with Gasteiger partial charge in [-0.3, -0.25) is 9.10 Å². The van der Waals surface area contributed by atoms with Crippen LogP contribution in [0.1, 0.15) is 12.7 Å². The van der Waals surface area contributed by atoms with Crippen LogP contribution in [0.2, 0.25) is 5.02 Å². The lowest BCUT2D eigenvalue weighted by atomic mass is 10.2. The summed E-state index contributed by atoms with van der Waals surface area (Å²) in [6.07, 6.45) is 2.65. The largest absolute Gasteiger partial charge is 0.495 e. The molecule has 2 rings (SSSR count). The Morgan fingerprint density at radius 2 is 2.14 bits per heavy atom. The average molecular weight is 447 g/mol. The maximum absolute atomic E-state index is 12.6. The summed E-state index contributed by atoms with van der Waals surface area (Å²) in [5.74, 6) is 2.13. The molecule has 0 aliphatic carbocycles. The van der Waals surface area contributed by atoms with Crippen LogP contribution in [-0.4, -0.2) is 46.0 Å². The number of thioether (sulfide) groups is 1. The number of sulfonamides is 1. The Labute approximate surface area is 174 Å². The van der Waals surface area contributed by atoms with E-state index >= 15 is 0 Å². The zero-order valence-corrected chi connectivity index (χ0v) is 18.2. The number of ether oxygens (including phenoxy) is 1. The molecule has 0 radical (unpaired) electrons. The lowest BCUT2D eigenvalue weighted by molar-refractivity contribution is -0.121. The van der Waals surface area contributed by atoms with Gasteiger partial charge in [0, 0.05) is 17.3 Å². The van der Waals surface area contributed by atoms with Crippen LogP contribution in [0.5, 0.6) is 5.75 Å². The molecule has 154 valence electrons. The molecule has 0 fully saturated rings. The van der Waals surface area contributed by atoms with Gasteiger partial charge in [0.1, 0.15) is 17.6 Å². The Hall–Kier alpha value is -1.84. The van der Waals surface area contributed by atoms with E-state index in [0.29, 0.717) is 28.8 Å². The molecule has 0 aliphatic heterocycles. The molecule has 10 heteroatoms. The number of nitrogens with one attached hydrogen (secondary N) is 1. The number of nitrogens with zero attached hydrogens (tertiary/aromatic N) is 1. The molecular weight excluding hydrogens is 424 g/mol. The minimum absolute atomic E-state index is 0.215. The fourth-order valence-corrected chi connectivity index (χ4v) is 4.67. The highest BCUT2D eigenvalue weighted by molar-refractivity contribution is 7.98. The smallest absolute Gasteiger partial charge is 0.243 e. The molecule has 2 aromatic rings. The Bertz CT molecular complexity index is 887. The first-order chi connectivity index (χ1) is 13.2. The van der Waals surface area contributed by atoms with Crippen LogP contribution in [0.3, 0.4) is 0 Å². The third kappa shape index (κ3) is 6.08. The minimum Gasteiger partial charge on any atom is -0.495 e. The third-order valence-electron chi connectivity index (χ3n) is 3.84. The highest BCUT2D eigenvalue weighted by Gasteiger charge is 2.31. The molecule has 1 N–H and O–H groups in total. The summed E-state index contributed by atoms with van der Waals surface area (Å²) in [4.78, 5) is 12.6. The normalized spacial score (nSPS) is 12.4. The lowest BCUT2D eigenvalue weighted by Crippen LogP contribution is -2.48.